The van der Waals surface area contributed by atoms with Gasteiger partial charge in [-0.1, -0.05) is 18.2 Å². The van der Waals surface area contributed by atoms with E-state index in [1.165, 1.54) is 0 Å². The summed E-state index contributed by atoms with van der Waals surface area (Å²) in [6.07, 6.45) is 3.39. The maximum absolute atomic E-state index is 12.1. The lowest BCUT2D eigenvalue weighted by molar-refractivity contribution is -0.148. The van der Waals surface area contributed by atoms with Crippen molar-refractivity contribution in [1.29, 1.82) is 0 Å². The van der Waals surface area contributed by atoms with Crippen molar-refractivity contribution in [2.75, 3.05) is 7.11 Å². The number of rotatable bonds is 5. The molecule has 1 unspecified atom stereocenters. The summed E-state index contributed by atoms with van der Waals surface area (Å²) in [6.45, 7) is 2.01. The van der Waals surface area contributed by atoms with Gasteiger partial charge in [-0.25, -0.2) is 4.79 Å². The van der Waals surface area contributed by atoms with Crippen LogP contribution in [0.1, 0.15) is 18.5 Å². The normalized spacial score (nSPS) is 12.1. The van der Waals surface area contributed by atoms with Crippen LogP contribution in [0.15, 0.2) is 54.9 Å². The van der Waals surface area contributed by atoms with Gasteiger partial charge in [0.15, 0.2) is 0 Å². The molecule has 0 spiro atoms. The molecule has 0 saturated heterocycles. The van der Waals surface area contributed by atoms with Crippen LogP contribution in [0.4, 0.5) is 0 Å². The highest BCUT2D eigenvalue weighted by atomic mass is 16.5. The van der Waals surface area contributed by atoms with E-state index in [2.05, 4.69) is 5.10 Å². The molecule has 0 N–H and O–H groups in total. The average Bonchev–Trinajstić information content (AvgIpc) is 3.12. The summed E-state index contributed by atoms with van der Waals surface area (Å²) < 4.78 is 12.2. The number of aromatic nitrogens is 2. The van der Waals surface area contributed by atoms with E-state index in [4.69, 9.17) is 9.47 Å². The lowest BCUT2D eigenvalue weighted by Crippen LogP contribution is -2.19. The van der Waals surface area contributed by atoms with Gasteiger partial charge in [-0.2, -0.15) is 5.10 Å². The van der Waals surface area contributed by atoms with Crippen LogP contribution < -0.4 is 4.74 Å². The van der Waals surface area contributed by atoms with Crippen molar-refractivity contribution in [2.45, 2.75) is 19.6 Å². The van der Waals surface area contributed by atoms with Crippen LogP contribution in [0.5, 0.6) is 5.75 Å². The first kappa shape index (κ1) is 15.1. The minimum atomic E-state index is -0.435. The molecule has 1 atom stereocenters. The minimum absolute atomic E-state index is 0.242. The van der Waals surface area contributed by atoms with E-state index in [9.17, 15) is 4.79 Å². The topological polar surface area (TPSA) is 53.4 Å². The Morgan fingerprint density at radius 2 is 2.00 bits per heavy atom. The van der Waals surface area contributed by atoms with Crippen LogP contribution in [-0.2, 0) is 16.1 Å². The number of benzene rings is 2. The summed E-state index contributed by atoms with van der Waals surface area (Å²) >= 11 is 0. The molecule has 1 heterocycles. The first-order chi connectivity index (χ1) is 11.2. The van der Waals surface area contributed by atoms with Crippen molar-refractivity contribution in [1.82, 2.24) is 9.78 Å². The molecule has 0 amide bonds. The monoisotopic (exact) mass is 310 g/mol. The fourth-order valence-electron chi connectivity index (χ4n) is 2.38. The van der Waals surface area contributed by atoms with E-state index >= 15 is 0 Å². The van der Waals surface area contributed by atoms with Gasteiger partial charge in [-0.15, -0.1) is 0 Å². The summed E-state index contributed by atoms with van der Waals surface area (Å²) in [5.41, 5.74) is 0.948. The molecule has 3 aromatic rings. The Morgan fingerprint density at radius 1 is 1.22 bits per heavy atom. The minimum Gasteiger partial charge on any atom is -0.497 e. The van der Waals surface area contributed by atoms with E-state index in [1.807, 2.05) is 36.4 Å². The Hall–Kier alpha value is -2.82. The SMILES string of the molecule is COc1ccc2cc(COC(=O)C(C)n3cccn3)ccc2c1. The Labute approximate surface area is 134 Å². The standard InChI is InChI=1S/C18H18N2O3/c1-13(20-9-3-8-19-20)18(21)23-12-14-4-5-16-11-17(22-2)7-6-15(16)10-14/h3-11,13H,12H2,1-2H3. The van der Waals surface area contributed by atoms with Crippen LogP contribution in [-0.4, -0.2) is 22.9 Å². The van der Waals surface area contributed by atoms with Crippen LogP contribution in [0.25, 0.3) is 10.8 Å². The quantitative estimate of drug-likeness (QED) is 0.678. The van der Waals surface area contributed by atoms with Crippen LogP contribution in [0.3, 0.4) is 0 Å². The van der Waals surface area contributed by atoms with E-state index in [0.29, 0.717) is 0 Å². The average molecular weight is 310 g/mol. The van der Waals surface area contributed by atoms with Gasteiger partial charge in [0.2, 0.25) is 0 Å². The molecule has 0 radical (unpaired) electrons. The van der Waals surface area contributed by atoms with E-state index in [-0.39, 0.29) is 12.6 Å². The number of ether oxygens (including phenoxy) is 2. The van der Waals surface area contributed by atoms with Crippen LogP contribution in [0.2, 0.25) is 0 Å². The van der Waals surface area contributed by atoms with E-state index in [0.717, 1.165) is 22.1 Å². The van der Waals surface area contributed by atoms with Crippen molar-refractivity contribution < 1.29 is 14.3 Å². The molecule has 5 nitrogen and oxygen atoms in total. The molecule has 0 bridgehead atoms. The predicted octanol–water partition coefficient (Wildman–Crippen LogP) is 3.35. The fourth-order valence-corrected chi connectivity index (χ4v) is 2.38. The predicted molar refractivity (Wildman–Crippen MR) is 87.2 cm³/mol. The zero-order valence-corrected chi connectivity index (χ0v) is 13.1. The van der Waals surface area contributed by atoms with Crippen molar-refractivity contribution in [3.63, 3.8) is 0 Å². The number of methoxy groups -OCH3 is 1. The number of nitrogens with zero attached hydrogens (tertiary/aromatic N) is 2. The molecule has 2 aromatic carbocycles. The molecule has 118 valence electrons. The third-order valence-corrected chi connectivity index (χ3v) is 3.76. The lowest BCUT2D eigenvalue weighted by Gasteiger charge is -2.12. The summed E-state index contributed by atoms with van der Waals surface area (Å²) in [5, 5.41) is 6.22. The first-order valence-electron chi connectivity index (χ1n) is 7.40. The largest absolute Gasteiger partial charge is 0.497 e. The molecule has 1 aromatic heterocycles. The maximum Gasteiger partial charge on any atom is 0.330 e. The second-order valence-corrected chi connectivity index (χ2v) is 5.32. The van der Waals surface area contributed by atoms with Gasteiger partial charge in [0.25, 0.3) is 0 Å². The zero-order valence-electron chi connectivity index (χ0n) is 13.1. The number of carbonyl (C=O) groups is 1. The highest BCUT2D eigenvalue weighted by Crippen LogP contribution is 2.22. The molecular formula is C18H18N2O3. The number of carbonyl (C=O) groups excluding carboxylic acids is 1. The third kappa shape index (κ3) is 3.34. The molecule has 0 saturated carbocycles. The van der Waals surface area contributed by atoms with E-state index in [1.54, 1.807) is 37.2 Å². The number of hydrogen-bond donors (Lipinski definition) is 0. The summed E-state index contributed by atoms with van der Waals surface area (Å²) in [7, 11) is 1.65. The Balaban J connectivity index is 1.68. The molecule has 0 fully saturated rings. The zero-order chi connectivity index (χ0) is 16.2. The molecule has 5 heteroatoms. The second-order valence-electron chi connectivity index (χ2n) is 5.32. The Kier molecular flexibility index (Phi) is 4.28. The number of fused-ring (bicyclic) bond motifs is 1. The Bertz CT molecular complexity index is 812. The van der Waals surface area contributed by atoms with Gasteiger partial charge in [0, 0.05) is 12.4 Å². The van der Waals surface area contributed by atoms with Gasteiger partial charge in [0.05, 0.1) is 7.11 Å². The summed E-state index contributed by atoms with van der Waals surface area (Å²) in [5.74, 6) is 0.522. The molecule has 0 aliphatic carbocycles. The van der Waals surface area contributed by atoms with Gasteiger partial charge in [0.1, 0.15) is 18.4 Å². The highest BCUT2D eigenvalue weighted by molar-refractivity contribution is 5.84. The van der Waals surface area contributed by atoms with Gasteiger partial charge in [-0.3, -0.25) is 4.68 Å². The lowest BCUT2D eigenvalue weighted by atomic mass is 10.1. The third-order valence-electron chi connectivity index (χ3n) is 3.76. The van der Waals surface area contributed by atoms with Crippen molar-refractivity contribution in [2.24, 2.45) is 0 Å². The smallest absolute Gasteiger partial charge is 0.330 e. The molecule has 23 heavy (non-hydrogen) atoms. The molecular weight excluding hydrogens is 292 g/mol. The van der Waals surface area contributed by atoms with Gasteiger partial charge >= 0.3 is 5.97 Å². The van der Waals surface area contributed by atoms with Gasteiger partial charge in [-0.05, 0) is 47.5 Å². The van der Waals surface area contributed by atoms with E-state index < -0.39 is 6.04 Å². The first-order valence-corrected chi connectivity index (χ1v) is 7.40. The Morgan fingerprint density at radius 3 is 2.74 bits per heavy atom. The summed E-state index contributed by atoms with van der Waals surface area (Å²) in [6, 6.07) is 13.2. The van der Waals surface area contributed by atoms with Crippen molar-refractivity contribution in [3.8, 4) is 5.75 Å². The summed E-state index contributed by atoms with van der Waals surface area (Å²) in [4.78, 5) is 12.1. The maximum atomic E-state index is 12.1. The molecule has 3 rings (SSSR count). The second kappa shape index (κ2) is 6.52. The van der Waals surface area contributed by atoms with Crippen LogP contribution in [0, 0.1) is 0 Å². The number of hydrogen-bond acceptors (Lipinski definition) is 4. The van der Waals surface area contributed by atoms with Crippen LogP contribution >= 0.6 is 0 Å². The van der Waals surface area contributed by atoms with Crippen molar-refractivity contribution >= 4 is 16.7 Å². The van der Waals surface area contributed by atoms with Gasteiger partial charge < -0.3 is 9.47 Å². The van der Waals surface area contributed by atoms with Crippen molar-refractivity contribution in [3.05, 3.63) is 60.4 Å². The molecule has 0 aliphatic heterocycles. The fraction of sp³-hybridized carbons (Fsp3) is 0.222. The number of esters is 1. The molecule has 0 aliphatic rings. The highest BCUT2D eigenvalue weighted by Gasteiger charge is 2.16.